The molecule has 0 amide bonds. The van der Waals surface area contributed by atoms with Crippen LogP contribution in [0.5, 0.6) is 0 Å². The summed E-state index contributed by atoms with van der Waals surface area (Å²) < 4.78 is 44.3. The summed E-state index contributed by atoms with van der Waals surface area (Å²) in [5, 5.41) is 8.93. The minimum Gasteiger partial charge on any atom is -0.481 e. The zero-order valence-electron chi connectivity index (χ0n) is 61.7. The predicted octanol–water partition coefficient (Wildman–Crippen LogP) is 19.4. The zero-order chi connectivity index (χ0) is 75.8. The van der Waals surface area contributed by atoms with Gasteiger partial charge in [0, 0.05) is 130 Å². The van der Waals surface area contributed by atoms with Crippen LogP contribution in [-0.4, -0.2) is 94.6 Å². The number of esters is 2. The molecule has 18 heteroatoms. The molecular formula is C88H95N6O11P. The number of carboxylic acids is 1. The van der Waals surface area contributed by atoms with E-state index in [0.29, 0.717) is 24.3 Å². The van der Waals surface area contributed by atoms with Crippen LogP contribution in [0.15, 0.2) is 297 Å². The number of aromatic nitrogens is 6. The molecule has 12 aromatic rings. The van der Waals surface area contributed by atoms with Crippen LogP contribution in [0, 0.1) is 11.8 Å². The lowest BCUT2D eigenvalue weighted by molar-refractivity contribution is -0.143. The first-order valence-corrected chi connectivity index (χ1v) is 37.2. The molecule has 0 saturated heterocycles. The second-order valence-corrected chi connectivity index (χ2v) is 27.1. The van der Waals surface area contributed by atoms with E-state index in [-0.39, 0.29) is 43.4 Å². The van der Waals surface area contributed by atoms with E-state index in [2.05, 4.69) is 93.6 Å². The Labute approximate surface area is 622 Å². The second-order valence-electron chi connectivity index (χ2n) is 24.8. The highest BCUT2D eigenvalue weighted by Crippen LogP contribution is 2.53. The van der Waals surface area contributed by atoms with E-state index in [9.17, 15) is 28.5 Å². The van der Waals surface area contributed by atoms with Gasteiger partial charge in [0.05, 0.1) is 38.0 Å². The van der Waals surface area contributed by atoms with Gasteiger partial charge in [-0.2, -0.15) is 0 Å². The standard InChI is InChI=1S/C16H17NO2.C14H15NO2.C14H13NO.C14H13N.C11H9NO.C10H9N.C9H19O5P/c1-3-19-16(18)13(2)12-15-10-7-11-17(15)14-8-5-4-6-9-14;1-11(14(16)17)10-13-8-5-9-15(13)12-6-3-2-4-7-12;1-10-9-13-12(14(10)16)7-8-15(13)11-5-3-2-4-6-11;1-11-9-12-7-8-15(14(12)10-11)13-5-3-2-4-6-13;13-9-11-7-4-8-12(11)10-5-2-1-3-6-10;1-2-6-10(7-3-1)11-8-4-5-9-11;1-5-12-9(10)8(4)15(11,13-6-2)14-7-3/h4-12H,3H2,1-2H3;2-9,11H,10H2,1H3,(H,16,17);2-8,10H,9H2,1H3;2-9H,10H2,1H3;1-9H;1-9H;8H,5-7H2,1-4H3/b13-12+;;;;;;. The first kappa shape index (κ1) is 80.1. The first-order valence-electron chi connectivity index (χ1n) is 35.6. The quantitative estimate of drug-likeness (QED) is 0.0331. The minimum absolute atomic E-state index is 0.140. The Bertz CT molecular complexity index is 4770. The molecule has 3 atom stereocenters. The fourth-order valence-electron chi connectivity index (χ4n) is 11.7. The van der Waals surface area contributed by atoms with E-state index in [1.807, 2.05) is 240 Å². The summed E-state index contributed by atoms with van der Waals surface area (Å²) in [6.45, 7) is 17.2. The Balaban J connectivity index is 0.000000157. The third-order valence-electron chi connectivity index (χ3n) is 17.0. The fraction of sp³-hybridized carbons (Fsp3) is 0.216. The van der Waals surface area contributed by atoms with Crippen molar-refractivity contribution in [2.75, 3.05) is 26.4 Å². The van der Waals surface area contributed by atoms with Crippen LogP contribution >= 0.6 is 7.60 Å². The average molecular weight is 1440 g/mol. The number of carboxylic acid groups (broad SMARTS) is 1. The van der Waals surface area contributed by atoms with Crippen molar-refractivity contribution in [1.82, 2.24) is 27.4 Å². The van der Waals surface area contributed by atoms with Crippen molar-refractivity contribution in [3.63, 3.8) is 0 Å². The molecule has 0 spiro atoms. The number of allylic oxidation sites excluding steroid dienone is 1. The number of ketones is 1. The third-order valence-corrected chi connectivity index (χ3v) is 19.4. The fourth-order valence-corrected chi connectivity index (χ4v) is 13.3. The highest BCUT2D eigenvalue weighted by Gasteiger charge is 2.38. The number of hydrogen-bond acceptors (Lipinski definition) is 10. The van der Waals surface area contributed by atoms with E-state index < -0.39 is 25.2 Å². The predicted molar refractivity (Wildman–Crippen MR) is 422 cm³/mol. The smallest absolute Gasteiger partial charge is 0.344 e. The number of Topliss-reactive ketones (excluding diaryl/α,β-unsaturated/α-hetero) is 1. The van der Waals surface area contributed by atoms with E-state index >= 15 is 0 Å². The second kappa shape index (κ2) is 41.0. The maximum atomic E-state index is 12.1. The Morgan fingerprint density at radius 3 is 1.42 bits per heavy atom. The molecule has 6 heterocycles. The number of carbonyl (C=O) groups excluding carboxylic acids is 4. The van der Waals surface area contributed by atoms with Crippen LogP contribution in [0.3, 0.4) is 0 Å². The molecule has 3 unspecified atom stereocenters. The molecule has 0 radical (unpaired) electrons. The highest BCUT2D eigenvalue weighted by atomic mass is 31.2. The van der Waals surface area contributed by atoms with Gasteiger partial charge >= 0.3 is 25.5 Å². The SMILES string of the molecule is CC(Cc1cccn1-c1ccccc1)C(=O)O.CC1=Cc2ccn(-c3ccccc3)c2C1.CC1Cc2c(ccn2-c2ccccc2)C1=O.CCOC(=O)/C(C)=C/c1cccn1-c1ccccc1.CCOC(=O)C(C)P(=O)(OCC)OCC.O=Cc1cccn1-c1ccccc1.c1ccc(-n2cccc2)cc1. The number of aldehydes is 1. The lowest BCUT2D eigenvalue weighted by Gasteiger charge is -2.21. The molecule has 1 N–H and O–H groups in total. The summed E-state index contributed by atoms with van der Waals surface area (Å²) >= 11 is 0. The minimum atomic E-state index is -3.37. The van der Waals surface area contributed by atoms with Crippen molar-refractivity contribution >= 4 is 49.7 Å². The summed E-state index contributed by atoms with van der Waals surface area (Å²) in [6.07, 6.45) is 21.5. The zero-order valence-corrected chi connectivity index (χ0v) is 62.6. The van der Waals surface area contributed by atoms with E-state index in [1.165, 1.54) is 35.1 Å². The third kappa shape index (κ3) is 22.4. The van der Waals surface area contributed by atoms with Crippen molar-refractivity contribution in [3.8, 4) is 34.1 Å². The Kier molecular flexibility index (Phi) is 31.0. The Morgan fingerprint density at radius 1 is 0.509 bits per heavy atom. The number of hydrogen-bond donors (Lipinski definition) is 1. The van der Waals surface area contributed by atoms with Crippen LogP contribution in [0.2, 0.25) is 0 Å². The molecule has 2 aliphatic carbocycles. The molecule has 0 bridgehead atoms. The normalized spacial score (nSPS) is 13.0. The molecule has 106 heavy (non-hydrogen) atoms. The number of benzene rings is 6. The van der Waals surface area contributed by atoms with Crippen molar-refractivity contribution < 1.29 is 52.2 Å². The van der Waals surface area contributed by atoms with Crippen LogP contribution in [0.4, 0.5) is 0 Å². The number of rotatable bonds is 20. The van der Waals surface area contributed by atoms with Gasteiger partial charge in [-0.15, -0.1) is 0 Å². The van der Waals surface area contributed by atoms with Crippen molar-refractivity contribution in [3.05, 3.63) is 337 Å². The molecule has 0 fully saturated rings. The summed E-state index contributed by atoms with van der Waals surface area (Å²) in [5.41, 5.74) is 15.4. The van der Waals surface area contributed by atoms with Crippen LogP contribution in [0.1, 0.15) is 111 Å². The van der Waals surface area contributed by atoms with Gasteiger partial charge in [0.1, 0.15) is 0 Å². The van der Waals surface area contributed by atoms with Crippen molar-refractivity contribution in [2.24, 2.45) is 11.8 Å². The van der Waals surface area contributed by atoms with Gasteiger partial charge in [-0.05, 0) is 200 Å². The molecule has 0 aliphatic heterocycles. The molecule has 548 valence electrons. The van der Waals surface area contributed by atoms with Gasteiger partial charge < -0.3 is 51.0 Å². The topological polar surface area (TPSA) is 189 Å². The molecule has 2 aliphatic rings. The molecule has 0 saturated carbocycles. The van der Waals surface area contributed by atoms with Gasteiger partial charge in [0.2, 0.25) is 0 Å². The number of para-hydroxylation sites is 6. The average Bonchev–Trinajstić information content (AvgIpc) is 1.63. The summed E-state index contributed by atoms with van der Waals surface area (Å²) in [7, 11) is -3.37. The van der Waals surface area contributed by atoms with Gasteiger partial charge in [0.15, 0.2) is 17.7 Å². The number of carbonyl (C=O) groups is 5. The summed E-state index contributed by atoms with van der Waals surface area (Å²) in [4.78, 5) is 56.3. The largest absolute Gasteiger partial charge is 0.481 e. The van der Waals surface area contributed by atoms with Gasteiger partial charge in [-0.1, -0.05) is 135 Å². The number of ether oxygens (including phenoxy) is 2. The number of fused-ring (bicyclic) bond motifs is 2. The van der Waals surface area contributed by atoms with Crippen LogP contribution in [-0.2, 0) is 56.7 Å². The Hall–Kier alpha value is -11.6. The lowest BCUT2D eigenvalue weighted by atomic mass is 10.1. The number of aliphatic carboxylic acids is 1. The molecule has 6 aromatic heterocycles. The highest BCUT2D eigenvalue weighted by molar-refractivity contribution is 7.55. The van der Waals surface area contributed by atoms with Gasteiger partial charge in [-0.3, -0.25) is 23.7 Å². The lowest BCUT2D eigenvalue weighted by Crippen LogP contribution is -2.22. The van der Waals surface area contributed by atoms with Crippen molar-refractivity contribution in [1.29, 1.82) is 0 Å². The summed E-state index contributed by atoms with van der Waals surface area (Å²) in [5.74, 6) is -1.53. The Morgan fingerprint density at radius 2 is 0.943 bits per heavy atom. The van der Waals surface area contributed by atoms with Crippen LogP contribution < -0.4 is 0 Å². The molecular weight excluding hydrogens is 1350 g/mol. The van der Waals surface area contributed by atoms with E-state index in [0.717, 1.165) is 64.5 Å². The maximum absolute atomic E-state index is 12.1. The number of nitrogens with zero attached hydrogens (tertiary/aromatic N) is 6. The van der Waals surface area contributed by atoms with Gasteiger partial charge in [0.25, 0.3) is 0 Å². The molecule has 6 aromatic carbocycles. The molecule has 17 nitrogen and oxygen atoms in total. The van der Waals surface area contributed by atoms with Crippen molar-refractivity contribution in [2.45, 2.75) is 87.2 Å². The van der Waals surface area contributed by atoms with Gasteiger partial charge in [-0.25, -0.2) is 4.79 Å². The summed E-state index contributed by atoms with van der Waals surface area (Å²) in [6, 6.07) is 80.3. The van der Waals surface area contributed by atoms with Crippen LogP contribution in [0.25, 0.3) is 46.3 Å². The van der Waals surface area contributed by atoms with E-state index in [4.69, 9.17) is 23.6 Å². The van der Waals surface area contributed by atoms with E-state index in [1.54, 1.807) is 47.6 Å². The maximum Gasteiger partial charge on any atom is 0.344 e. The molecule has 14 rings (SSSR count). The first-order chi connectivity index (χ1) is 51.4. The monoisotopic (exact) mass is 1440 g/mol.